The third-order valence-electron chi connectivity index (χ3n) is 3.93. The molecule has 0 saturated heterocycles. The Hall–Kier alpha value is -3.39. The lowest BCUT2D eigenvalue weighted by Gasteiger charge is -2.16. The van der Waals surface area contributed by atoms with Crippen LogP contribution in [0.3, 0.4) is 0 Å². The Kier molecular flexibility index (Phi) is 6.01. The van der Waals surface area contributed by atoms with Crippen LogP contribution in [-0.2, 0) is 19.6 Å². The van der Waals surface area contributed by atoms with E-state index < -0.39 is 11.6 Å². The van der Waals surface area contributed by atoms with E-state index in [1.54, 1.807) is 0 Å². The van der Waals surface area contributed by atoms with Gasteiger partial charge in [0.05, 0.1) is 12.5 Å². The maximum absolute atomic E-state index is 14.8. The second-order valence-corrected chi connectivity index (χ2v) is 5.87. The first-order valence-electron chi connectivity index (χ1n) is 8.40. The average molecular weight is 365 g/mol. The van der Waals surface area contributed by atoms with Gasteiger partial charge in [0, 0.05) is 5.56 Å². The van der Waals surface area contributed by atoms with E-state index in [0.717, 1.165) is 17.2 Å². The van der Waals surface area contributed by atoms with E-state index in [0.29, 0.717) is 0 Å². The lowest BCUT2D eigenvalue weighted by molar-refractivity contribution is 0.235. The maximum atomic E-state index is 14.8. The molecule has 3 aromatic carbocycles. The van der Waals surface area contributed by atoms with E-state index in [4.69, 9.17) is 14.7 Å². The molecule has 3 rings (SSSR count). The highest BCUT2D eigenvalue weighted by atomic mass is 19.1. The van der Waals surface area contributed by atoms with Gasteiger partial charge in [-0.15, -0.1) is 0 Å². The Balaban J connectivity index is 1.89. The van der Waals surface area contributed by atoms with Crippen molar-refractivity contribution in [2.24, 2.45) is 0 Å². The molecule has 0 aliphatic rings. The summed E-state index contributed by atoms with van der Waals surface area (Å²) in [6.07, 6.45) is -0.261. The topological polar surface area (TPSA) is 42.2 Å². The molecule has 3 aromatic rings. The number of benzene rings is 3. The molecular formula is C22H17F2NO2. The van der Waals surface area contributed by atoms with Crippen molar-refractivity contribution in [3.63, 3.8) is 0 Å². The van der Waals surface area contributed by atoms with Crippen LogP contribution in [-0.4, -0.2) is 0 Å². The molecule has 0 amide bonds. The van der Waals surface area contributed by atoms with Gasteiger partial charge in [-0.05, 0) is 17.2 Å². The normalized spacial score (nSPS) is 10.3. The third kappa shape index (κ3) is 4.62. The van der Waals surface area contributed by atoms with Crippen LogP contribution in [0.4, 0.5) is 8.78 Å². The molecule has 0 heterocycles. The summed E-state index contributed by atoms with van der Waals surface area (Å²) < 4.78 is 40.5. The van der Waals surface area contributed by atoms with Crippen molar-refractivity contribution in [3.05, 3.63) is 95.1 Å². The van der Waals surface area contributed by atoms with Gasteiger partial charge < -0.3 is 9.47 Å². The number of ether oxygens (including phenoxy) is 2. The molecule has 0 spiro atoms. The van der Waals surface area contributed by atoms with Gasteiger partial charge in [0.25, 0.3) is 0 Å². The van der Waals surface area contributed by atoms with E-state index in [1.165, 1.54) is 0 Å². The maximum Gasteiger partial charge on any atom is 0.200 e. The zero-order valence-electron chi connectivity index (χ0n) is 14.5. The summed E-state index contributed by atoms with van der Waals surface area (Å²) in [6.45, 7) is 0.116. The van der Waals surface area contributed by atoms with Gasteiger partial charge in [0.2, 0.25) is 11.5 Å². The molecule has 0 aliphatic heterocycles. The molecular weight excluding hydrogens is 348 g/mol. The molecule has 0 radical (unpaired) electrons. The zero-order valence-corrected chi connectivity index (χ0v) is 14.5. The van der Waals surface area contributed by atoms with Crippen molar-refractivity contribution in [2.75, 3.05) is 0 Å². The van der Waals surface area contributed by atoms with Crippen molar-refractivity contribution in [3.8, 4) is 17.6 Å². The summed E-state index contributed by atoms with van der Waals surface area (Å²) >= 11 is 0. The Morgan fingerprint density at radius 3 is 1.81 bits per heavy atom. The van der Waals surface area contributed by atoms with Gasteiger partial charge in [0.15, 0.2) is 11.6 Å². The monoisotopic (exact) mass is 365 g/mol. The third-order valence-corrected chi connectivity index (χ3v) is 3.93. The molecule has 0 bridgehead atoms. The SMILES string of the molecule is N#CCc1cc(F)c(OCc2ccccc2)c(OCc2ccccc2)c1F. The summed E-state index contributed by atoms with van der Waals surface area (Å²) in [7, 11) is 0. The van der Waals surface area contributed by atoms with Gasteiger partial charge in [-0.1, -0.05) is 60.7 Å². The predicted molar refractivity (Wildman–Crippen MR) is 97.2 cm³/mol. The highest BCUT2D eigenvalue weighted by molar-refractivity contribution is 5.47. The largest absolute Gasteiger partial charge is 0.482 e. The number of rotatable bonds is 7. The first kappa shape index (κ1) is 18.4. The van der Waals surface area contributed by atoms with Crippen LogP contribution in [0.2, 0.25) is 0 Å². The van der Waals surface area contributed by atoms with Gasteiger partial charge in [-0.25, -0.2) is 8.78 Å². The van der Waals surface area contributed by atoms with Crippen LogP contribution >= 0.6 is 0 Å². The minimum Gasteiger partial charge on any atom is -0.482 e. The van der Waals surface area contributed by atoms with Gasteiger partial charge in [0.1, 0.15) is 13.2 Å². The quantitative estimate of drug-likeness (QED) is 0.579. The molecule has 27 heavy (non-hydrogen) atoms. The van der Waals surface area contributed by atoms with Crippen molar-refractivity contribution >= 4 is 0 Å². The first-order chi connectivity index (χ1) is 13.2. The Bertz CT molecular complexity index is 938. The fourth-order valence-electron chi connectivity index (χ4n) is 2.57. The van der Waals surface area contributed by atoms with Crippen LogP contribution in [0, 0.1) is 23.0 Å². The molecule has 0 fully saturated rings. The van der Waals surface area contributed by atoms with Crippen LogP contribution in [0.5, 0.6) is 11.5 Å². The fourth-order valence-corrected chi connectivity index (χ4v) is 2.57. The summed E-state index contributed by atoms with van der Waals surface area (Å²) in [5, 5.41) is 8.84. The summed E-state index contributed by atoms with van der Waals surface area (Å²) in [5.41, 5.74) is 1.55. The zero-order chi connectivity index (χ0) is 19.1. The molecule has 0 N–H and O–H groups in total. The van der Waals surface area contributed by atoms with Crippen molar-refractivity contribution < 1.29 is 18.3 Å². The van der Waals surface area contributed by atoms with E-state index >= 15 is 0 Å². The number of nitriles is 1. The summed E-state index contributed by atoms with van der Waals surface area (Å²) in [6, 6.07) is 21.1. The predicted octanol–water partition coefficient (Wildman–Crippen LogP) is 5.19. The highest BCUT2D eigenvalue weighted by Gasteiger charge is 2.22. The van der Waals surface area contributed by atoms with Gasteiger partial charge >= 0.3 is 0 Å². The number of halogens is 2. The molecule has 3 nitrogen and oxygen atoms in total. The van der Waals surface area contributed by atoms with Crippen LogP contribution < -0.4 is 9.47 Å². The van der Waals surface area contributed by atoms with Crippen molar-refractivity contribution in [1.29, 1.82) is 5.26 Å². The second kappa shape index (κ2) is 8.81. The van der Waals surface area contributed by atoms with Crippen molar-refractivity contribution in [2.45, 2.75) is 19.6 Å². The molecule has 0 aromatic heterocycles. The lowest BCUT2D eigenvalue weighted by atomic mass is 10.1. The van der Waals surface area contributed by atoms with E-state index in [1.807, 2.05) is 66.7 Å². The van der Waals surface area contributed by atoms with Gasteiger partial charge in [-0.2, -0.15) is 5.26 Å². The minimum atomic E-state index is -0.781. The average Bonchev–Trinajstić information content (AvgIpc) is 2.70. The smallest absolute Gasteiger partial charge is 0.200 e. The number of nitrogens with zero attached hydrogens (tertiary/aromatic N) is 1. The minimum absolute atomic E-state index is 0.0505. The summed E-state index contributed by atoms with van der Waals surface area (Å²) in [5.74, 6) is -2.16. The summed E-state index contributed by atoms with van der Waals surface area (Å²) in [4.78, 5) is 0. The Morgan fingerprint density at radius 2 is 1.30 bits per heavy atom. The number of hydrogen-bond donors (Lipinski definition) is 0. The second-order valence-electron chi connectivity index (χ2n) is 5.87. The fraction of sp³-hybridized carbons (Fsp3) is 0.136. The Labute approximate surface area is 156 Å². The molecule has 0 atom stereocenters. The van der Waals surface area contributed by atoms with E-state index in [2.05, 4.69) is 0 Å². The molecule has 0 saturated carbocycles. The van der Waals surface area contributed by atoms with Crippen LogP contribution in [0.25, 0.3) is 0 Å². The van der Waals surface area contributed by atoms with Crippen LogP contribution in [0.15, 0.2) is 66.7 Å². The lowest BCUT2D eigenvalue weighted by Crippen LogP contribution is -2.06. The van der Waals surface area contributed by atoms with Crippen LogP contribution in [0.1, 0.15) is 16.7 Å². The van der Waals surface area contributed by atoms with E-state index in [-0.39, 0.29) is 36.7 Å². The highest BCUT2D eigenvalue weighted by Crippen LogP contribution is 2.37. The molecule has 0 unspecified atom stereocenters. The Morgan fingerprint density at radius 1 is 0.778 bits per heavy atom. The standard InChI is InChI=1S/C22H17F2NO2/c23-19-13-18(11-12-25)20(24)22(27-15-17-9-5-2-6-10-17)21(19)26-14-16-7-3-1-4-8-16/h1-10,13H,11,14-15H2. The van der Waals surface area contributed by atoms with Crippen molar-refractivity contribution in [1.82, 2.24) is 0 Å². The first-order valence-corrected chi connectivity index (χ1v) is 8.40. The number of hydrogen-bond acceptors (Lipinski definition) is 3. The molecule has 5 heteroatoms. The van der Waals surface area contributed by atoms with E-state index in [9.17, 15) is 8.78 Å². The molecule has 136 valence electrons. The molecule has 0 aliphatic carbocycles. The van der Waals surface area contributed by atoms with Gasteiger partial charge in [-0.3, -0.25) is 0 Å².